The van der Waals surface area contributed by atoms with Crippen molar-refractivity contribution in [2.24, 2.45) is 5.92 Å². The molecule has 31 heavy (non-hydrogen) atoms. The fourth-order valence-corrected chi connectivity index (χ4v) is 4.89. The average molecular weight is 451 g/mol. The van der Waals surface area contributed by atoms with Crippen molar-refractivity contribution in [2.75, 3.05) is 32.4 Å². The SMILES string of the molecule is CCC1(c2cccc(O)c2)CCCCN(C)C1.C[C@H](CS)C(=O)N1CCC[C@H]1C(=O)O. The molecule has 3 atom stereocenters. The van der Waals surface area contributed by atoms with Gasteiger partial charge in [-0.15, -0.1) is 0 Å². The molecular weight excluding hydrogens is 412 g/mol. The van der Waals surface area contributed by atoms with Gasteiger partial charge in [0.2, 0.25) is 5.91 Å². The number of rotatable bonds is 5. The molecule has 2 heterocycles. The van der Waals surface area contributed by atoms with E-state index >= 15 is 0 Å². The number of likely N-dealkylation sites (N-methyl/N-ethyl adjacent to an activating group) is 1. The Labute approximate surface area is 192 Å². The lowest BCUT2D eigenvalue weighted by Crippen LogP contribution is -2.43. The number of carbonyl (C=O) groups is 2. The van der Waals surface area contributed by atoms with E-state index in [0.717, 1.165) is 19.4 Å². The highest BCUT2D eigenvalue weighted by Gasteiger charge is 2.35. The summed E-state index contributed by atoms with van der Waals surface area (Å²) in [6, 6.07) is 7.22. The fourth-order valence-electron chi connectivity index (χ4n) is 4.73. The highest BCUT2D eigenvalue weighted by molar-refractivity contribution is 7.80. The predicted molar refractivity (Wildman–Crippen MR) is 127 cm³/mol. The lowest BCUT2D eigenvalue weighted by Gasteiger charge is -2.35. The van der Waals surface area contributed by atoms with Gasteiger partial charge in [-0.1, -0.05) is 32.4 Å². The molecule has 1 aromatic rings. The number of benzene rings is 1. The van der Waals surface area contributed by atoms with Crippen molar-refractivity contribution in [3.05, 3.63) is 29.8 Å². The number of nitrogens with zero attached hydrogens (tertiary/aromatic N) is 2. The van der Waals surface area contributed by atoms with Gasteiger partial charge in [-0.05, 0) is 63.4 Å². The quantitative estimate of drug-likeness (QED) is 0.595. The smallest absolute Gasteiger partial charge is 0.326 e. The molecule has 174 valence electrons. The number of phenols is 1. The summed E-state index contributed by atoms with van der Waals surface area (Å²) < 4.78 is 0. The Kier molecular flexibility index (Phi) is 9.69. The van der Waals surface area contributed by atoms with Crippen molar-refractivity contribution in [1.82, 2.24) is 9.80 Å². The molecule has 0 radical (unpaired) electrons. The number of amides is 1. The summed E-state index contributed by atoms with van der Waals surface area (Å²) in [6.07, 6.45) is 6.30. The van der Waals surface area contributed by atoms with E-state index in [1.54, 1.807) is 13.0 Å². The van der Waals surface area contributed by atoms with Crippen molar-refractivity contribution in [3.8, 4) is 5.75 Å². The van der Waals surface area contributed by atoms with Gasteiger partial charge in [0.15, 0.2) is 0 Å². The maximum atomic E-state index is 11.7. The largest absolute Gasteiger partial charge is 0.508 e. The fraction of sp³-hybridized carbons (Fsp3) is 0.667. The summed E-state index contributed by atoms with van der Waals surface area (Å²) in [7, 11) is 2.21. The van der Waals surface area contributed by atoms with E-state index in [1.165, 1.54) is 36.3 Å². The zero-order valence-corrected chi connectivity index (χ0v) is 20.0. The van der Waals surface area contributed by atoms with Crippen LogP contribution in [0.3, 0.4) is 0 Å². The average Bonchev–Trinajstić information content (AvgIpc) is 3.17. The third-order valence-corrected chi connectivity index (χ3v) is 7.22. The van der Waals surface area contributed by atoms with Gasteiger partial charge in [-0.2, -0.15) is 12.6 Å². The maximum absolute atomic E-state index is 11.7. The second kappa shape index (κ2) is 11.8. The monoisotopic (exact) mass is 450 g/mol. The summed E-state index contributed by atoms with van der Waals surface area (Å²) in [6.45, 7) is 6.90. The summed E-state index contributed by atoms with van der Waals surface area (Å²) >= 11 is 4.03. The number of aromatic hydroxyl groups is 1. The lowest BCUT2D eigenvalue weighted by atomic mass is 9.74. The number of likely N-dealkylation sites (tertiary alicyclic amines) is 2. The van der Waals surface area contributed by atoms with Crippen LogP contribution in [0.4, 0.5) is 0 Å². The molecule has 7 heteroatoms. The normalized spacial score (nSPS) is 25.3. The van der Waals surface area contributed by atoms with Crippen molar-refractivity contribution < 1.29 is 19.8 Å². The molecule has 6 nitrogen and oxygen atoms in total. The van der Waals surface area contributed by atoms with Crippen LogP contribution in [0, 0.1) is 5.92 Å². The van der Waals surface area contributed by atoms with E-state index in [9.17, 15) is 14.7 Å². The maximum Gasteiger partial charge on any atom is 0.326 e. The molecule has 0 saturated carbocycles. The first-order valence-electron chi connectivity index (χ1n) is 11.4. The first kappa shape index (κ1) is 25.5. The van der Waals surface area contributed by atoms with Crippen molar-refractivity contribution in [2.45, 2.75) is 63.8 Å². The van der Waals surface area contributed by atoms with E-state index in [0.29, 0.717) is 24.5 Å². The van der Waals surface area contributed by atoms with E-state index < -0.39 is 12.0 Å². The number of aliphatic carboxylic acids is 1. The van der Waals surface area contributed by atoms with Crippen molar-refractivity contribution in [1.29, 1.82) is 0 Å². The number of carbonyl (C=O) groups excluding carboxylic acids is 1. The first-order chi connectivity index (χ1) is 14.7. The van der Waals surface area contributed by atoms with Crippen molar-refractivity contribution >= 4 is 24.5 Å². The Morgan fingerprint density at radius 2 is 2.00 bits per heavy atom. The van der Waals surface area contributed by atoms with Gasteiger partial charge >= 0.3 is 5.97 Å². The Hall–Kier alpha value is -1.73. The number of carboxylic acids is 1. The minimum absolute atomic E-state index is 0.0927. The molecule has 0 aliphatic carbocycles. The summed E-state index contributed by atoms with van der Waals surface area (Å²) in [5.74, 6) is -0.339. The van der Waals surface area contributed by atoms with Crippen molar-refractivity contribution in [3.63, 3.8) is 0 Å². The number of hydrogen-bond acceptors (Lipinski definition) is 5. The Bertz CT molecular complexity index is 744. The van der Waals surface area contributed by atoms with Crippen LogP contribution in [-0.4, -0.2) is 70.4 Å². The van der Waals surface area contributed by atoms with E-state index in [1.807, 2.05) is 12.1 Å². The molecule has 2 aliphatic heterocycles. The molecule has 0 bridgehead atoms. The van der Waals surface area contributed by atoms with Gasteiger partial charge < -0.3 is 20.0 Å². The first-order valence-corrected chi connectivity index (χ1v) is 12.0. The lowest BCUT2D eigenvalue weighted by molar-refractivity contribution is -0.149. The van der Waals surface area contributed by atoms with Crippen LogP contribution in [-0.2, 0) is 15.0 Å². The number of carboxylic acid groups (broad SMARTS) is 1. The predicted octanol–water partition coefficient (Wildman–Crippen LogP) is 3.78. The molecule has 2 fully saturated rings. The van der Waals surface area contributed by atoms with Gasteiger partial charge in [0, 0.05) is 30.2 Å². The van der Waals surface area contributed by atoms with Crippen LogP contribution in [0.15, 0.2) is 24.3 Å². The van der Waals surface area contributed by atoms with Crippen LogP contribution in [0.5, 0.6) is 5.75 Å². The molecule has 1 aromatic carbocycles. The molecule has 0 spiro atoms. The van der Waals surface area contributed by atoms with Crippen LogP contribution < -0.4 is 0 Å². The van der Waals surface area contributed by atoms with Gasteiger partial charge in [-0.25, -0.2) is 4.79 Å². The third kappa shape index (κ3) is 6.62. The summed E-state index contributed by atoms with van der Waals surface area (Å²) in [4.78, 5) is 26.4. The Balaban J connectivity index is 0.000000225. The third-order valence-electron chi connectivity index (χ3n) is 6.67. The molecular formula is C24H38N2O4S. The second-order valence-electron chi connectivity index (χ2n) is 8.99. The van der Waals surface area contributed by atoms with Gasteiger partial charge in [0.1, 0.15) is 11.8 Å². The van der Waals surface area contributed by atoms with Crippen LogP contribution >= 0.6 is 12.6 Å². The minimum Gasteiger partial charge on any atom is -0.508 e. The summed E-state index contributed by atoms with van der Waals surface area (Å²) in [5.41, 5.74) is 1.53. The molecule has 0 aromatic heterocycles. The minimum atomic E-state index is -0.901. The van der Waals surface area contributed by atoms with Gasteiger partial charge in [-0.3, -0.25) is 4.79 Å². The standard InChI is InChI=1S/C15H23NO.C9H15NO3S/c1-3-15(9-4-5-10-16(2)12-15)13-7-6-8-14(17)11-13;1-6(5-14)8(11)10-4-2-3-7(10)9(12)13/h6-8,11,17H,3-5,9-10,12H2,1-2H3;6-7,14H,2-5H2,1H3,(H,12,13)/t;6-,7+/m.1/s1. The van der Waals surface area contributed by atoms with Gasteiger partial charge in [0.05, 0.1) is 0 Å². The topological polar surface area (TPSA) is 81.1 Å². The van der Waals surface area contributed by atoms with E-state index in [4.69, 9.17) is 5.11 Å². The summed E-state index contributed by atoms with van der Waals surface area (Å²) in [5, 5.41) is 18.6. The molecule has 3 rings (SSSR count). The van der Waals surface area contributed by atoms with Gasteiger partial charge in [0.25, 0.3) is 0 Å². The zero-order chi connectivity index (χ0) is 23.0. The van der Waals surface area contributed by atoms with E-state index in [2.05, 4.69) is 37.6 Å². The Morgan fingerprint density at radius 1 is 1.26 bits per heavy atom. The number of thiol groups is 1. The Morgan fingerprint density at radius 3 is 2.61 bits per heavy atom. The number of phenolic OH excluding ortho intramolecular Hbond substituents is 1. The molecule has 1 unspecified atom stereocenters. The highest BCUT2D eigenvalue weighted by Crippen LogP contribution is 2.37. The highest BCUT2D eigenvalue weighted by atomic mass is 32.1. The molecule has 2 aliphatic rings. The molecule has 1 amide bonds. The molecule has 2 saturated heterocycles. The zero-order valence-electron chi connectivity index (χ0n) is 19.1. The molecule has 2 N–H and O–H groups in total. The second-order valence-corrected chi connectivity index (χ2v) is 9.36. The van der Waals surface area contributed by atoms with Crippen LogP contribution in [0.1, 0.15) is 57.9 Å². The number of hydrogen-bond donors (Lipinski definition) is 3. The van der Waals surface area contributed by atoms with E-state index in [-0.39, 0.29) is 17.2 Å². The van der Waals surface area contributed by atoms with Crippen LogP contribution in [0.2, 0.25) is 0 Å². The van der Waals surface area contributed by atoms with Crippen LogP contribution in [0.25, 0.3) is 0 Å².